The van der Waals surface area contributed by atoms with Crippen molar-refractivity contribution in [3.63, 3.8) is 0 Å². The van der Waals surface area contributed by atoms with Crippen molar-refractivity contribution >= 4 is 46.4 Å². The molecule has 15 nitrogen and oxygen atoms in total. The van der Waals surface area contributed by atoms with Gasteiger partial charge < -0.3 is 41.3 Å². The van der Waals surface area contributed by atoms with Gasteiger partial charge in [-0.3, -0.25) is 24.2 Å². The average Bonchev–Trinajstić information content (AvgIpc) is 3.53. The maximum atomic E-state index is 13.8. The number of imidazole rings is 1. The Morgan fingerprint density at radius 2 is 1.66 bits per heavy atom. The molecule has 2 aromatic heterocycles. The van der Waals surface area contributed by atoms with Crippen molar-refractivity contribution in [1.29, 1.82) is 0 Å². The van der Waals surface area contributed by atoms with Gasteiger partial charge in [0.15, 0.2) is 0 Å². The van der Waals surface area contributed by atoms with Crippen LogP contribution in [0.5, 0.6) is 0 Å². The highest BCUT2D eigenvalue weighted by atomic mass is 16.6. The van der Waals surface area contributed by atoms with E-state index >= 15 is 0 Å². The Hall–Kier alpha value is -5.99. The molecular formula is C41H50N8O7. The molecule has 1 aliphatic heterocycles. The number of aryl methyl sites for hydroxylation is 1. The molecule has 2 aromatic carbocycles. The third-order valence-corrected chi connectivity index (χ3v) is 10.2. The average molecular weight is 767 g/mol. The highest BCUT2D eigenvalue weighted by molar-refractivity contribution is 5.99. The summed E-state index contributed by atoms with van der Waals surface area (Å²) < 4.78 is 5.34. The molecule has 2 atom stereocenters. The first-order valence-corrected chi connectivity index (χ1v) is 19.2. The van der Waals surface area contributed by atoms with Crippen LogP contribution in [0.15, 0.2) is 59.5 Å². The topological polar surface area (TPSA) is 216 Å². The van der Waals surface area contributed by atoms with Crippen LogP contribution in [0.1, 0.15) is 80.9 Å². The van der Waals surface area contributed by atoms with Gasteiger partial charge >= 0.3 is 11.8 Å². The van der Waals surface area contributed by atoms with E-state index in [1.807, 2.05) is 52.0 Å². The van der Waals surface area contributed by atoms with Crippen LogP contribution in [0.2, 0.25) is 0 Å². The lowest BCUT2D eigenvalue weighted by molar-refractivity contribution is -0.130. The Labute approximate surface area is 324 Å². The molecule has 1 aliphatic carbocycles. The number of alkyl carbamates (subject to hydrolysis) is 1. The van der Waals surface area contributed by atoms with Crippen LogP contribution >= 0.6 is 0 Å². The molecule has 0 unspecified atom stereocenters. The van der Waals surface area contributed by atoms with E-state index in [0.29, 0.717) is 49.1 Å². The van der Waals surface area contributed by atoms with Gasteiger partial charge in [0.05, 0.1) is 11.0 Å². The minimum Gasteiger partial charge on any atom is -0.444 e. The molecule has 0 bridgehead atoms. The maximum absolute atomic E-state index is 13.8. The minimum atomic E-state index is -0.909. The number of rotatable bonds is 11. The van der Waals surface area contributed by atoms with E-state index in [1.165, 1.54) is 0 Å². The van der Waals surface area contributed by atoms with Crippen LogP contribution in [0.3, 0.4) is 0 Å². The predicted octanol–water partition coefficient (Wildman–Crippen LogP) is 4.23. The van der Waals surface area contributed by atoms with Crippen LogP contribution in [-0.2, 0) is 25.5 Å². The second kappa shape index (κ2) is 17.2. The molecule has 3 heterocycles. The number of hydrogen-bond donors (Lipinski definition) is 7. The van der Waals surface area contributed by atoms with Gasteiger partial charge in [0.1, 0.15) is 23.4 Å². The maximum Gasteiger partial charge on any atom is 0.407 e. The SMILES string of the molecule is Cc1cc(C(=O)N[C@@H]2CCCNC2=O)ncc1-c1ccc(C[C@H](NC(=O)C2CCC(CNC(=O)OC(C)(C)C)CC2)C(=O)Nc2ccc3[nH]c(=O)[nH]c3c2)cc1. The number of anilines is 1. The lowest BCUT2D eigenvalue weighted by Gasteiger charge is -2.29. The number of hydrogen-bond acceptors (Lipinski definition) is 8. The fourth-order valence-corrected chi connectivity index (χ4v) is 7.19. The predicted molar refractivity (Wildman–Crippen MR) is 211 cm³/mol. The Morgan fingerprint density at radius 3 is 2.36 bits per heavy atom. The summed E-state index contributed by atoms with van der Waals surface area (Å²) in [4.78, 5) is 86.1. The number of carbonyl (C=O) groups is 5. The summed E-state index contributed by atoms with van der Waals surface area (Å²) in [5.41, 5.74) is 4.20. The van der Waals surface area contributed by atoms with E-state index in [0.717, 1.165) is 41.5 Å². The fraction of sp³-hybridized carbons (Fsp3) is 0.439. The van der Waals surface area contributed by atoms with Gasteiger partial charge in [-0.05, 0) is 113 Å². The van der Waals surface area contributed by atoms with E-state index in [1.54, 1.807) is 30.5 Å². The molecule has 1 saturated carbocycles. The first-order valence-electron chi connectivity index (χ1n) is 19.2. The van der Waals surface area contributed by atoms with Gasteiger partial charge in [-0.15, -0.1) is 0 Å². The Bertz CT molecular complexity index is 2150. The lowest BCUT2D eigenvalue weighted by Crippen LogP contribution is -2.50. The number of nitrogens with one attached hydrogen (secondary N) is 7. The summed E-state index contributed by atoms with van der Waals surface area (Å²) in [7, 11) is 0. The highest BCUT2D eigenvalue weighted by Crippen LogP contribution is 2.29. The second-order valence-electron chi connectivity index (χ2n) is 15.7. The van der Waals surface area contributed by atoms with E-state index in [9.17, 15) is 28.8 Å². The summed E-state index contributed by atoms with van der Waals surface area (Å²) in [5, 5.41) is 14.3. The molecule has 5 amide bonds. The van der Waals surface area contributed by atoms with Gasteiger partial charge in [0.2, 0.25) is 17.7 Å². The number of H-pyrrole nitrogens is 2. The molecule has 0 spiro atoms. The van der Waals surface area contributed by atoms with Crippen LogP contribution in [-0.4, -0.2) is 75.4 Å². The van der Waals surface area contributed by atoms with Crippen LogP contribution < -0.4 is 32.3 Å². The number of fused-ring (bicyclic) bond motifs is 1. The second-order valence-corrected chi connectivity index (χ2v) is 15.7. The normalized spacial score (nSPS) is 19.0. The van der Waals surface area contributed by atoms with Crippen molar-refractivity contribution < 1.29 is 28.7 Å². The quantitative estimate of drug-likeness (QED) is 0.117. The van der Waals surface area contributed by atoms with Crippen molar-refractivity contribution in [2.24, 2.45) is 11.8 Å². The molecule has 15 heteroatoms. The Kier molecular flexibility index (Phi) is 12.2. The van der Waals surface area contributed by atoms with Gasteiger partial charge in [-0.25, -0.2) is 9.59 Å². The number of benzene rings is 2. The number of ether oxygens (including phenoxy) is 1. The smallest absolute Gasteiger partial charge is 0.407 e. The summed E-state index contributed by atoms with van der Waals surface area (Å²) >= 11 is 0. The molecule has 2 fully saturated rings. The zero-order valence-corrected chi connectivity index (χ0v) is 32.2. The first-order chi connectivity index (χ1) is 26.7. The number of piperidine rings is 1. The van der Waals surface area contributed by atoms with Crippen molar-refractivity contribution in [2.75, 3.05) is 18.4 Å². The first kappa shape index (κ1) is 39.7. The van der Waals surface area contributed by atoms with Gasteiger partial charge in [0, 0.05) is 42.9 Å². The number of pyridine rings is 1. The van der Waals surface area contributed by atoms with E-state index < -0.39 is 35.6 Å². The van der Waals surface area contributed by atoms with Crippen LogP contribution in [0, 0.1) is 18.8 Å². The van der Waals surface area contributed by atoms with Crippen molar-refractivity contribution in [2.45, 2.75) is 90.3 Å². The number of aromatic nitrogens is 3. The molecule has 0 radical (unpaired) electrons. The number of carbonyl (C=O) groups excluding carboxylic acids is 5. The number of amides is 5. The lowest BCUT2D eigenvalue weighted by atomic mass is 9.81. The molecule has 56 heavy (non-hydrogen) atoms. The molecule has 4 aromatic rings. The molecule has 296 valence electrons. The minimum absolute atomic E-state index is 0.193. The Balaban J connectivity index is 1.11. The van der Waals surface area contributed by atoms with E-state index in [4.69, 9.17) is 4.74 Å². The number of nitrogens with zero attached hydrogens (tertiary/aromatic N) is 1. The third-order valence-electron chi connectivity index (χ3n) is 10.2. The molecule has 6 rings (SSSR count). The molecule has 2 aliphatic rings. The third kappa shape index (κ3) is 10.4. The summed E-state index contributed by atoms with van der Waals surface area (Å²) in [6.45, 7) is 8.40. The fourth-order valence-electron chi connectivity index (χ4n) is 7.19. The van der Waals surface area contributed by atoms with Gasteiger partial charge in [-0.2, -0.15) is 0 Å². The Morgan fingerprint density at radius 1 is 0.929 bits per heavy atom. The monoisotopic (exact) mass is 766 g/mol. The molecular weight excluding hydrogens is 716 g/mol. The van der Waals surface area contributed by atoms with E-state index in [2.05, 4.69) is 41.5 Å². The van der Waals surface area contributed by atoms with Crippen LogP contribution in [0.4, 0.5) is 10.5 Å². The van der Waals surface area contributed by atoms with E-state index in [-0.39, 0.29) is 41.5 Å². The largest absolute Gasteiger partial charge is 0.444 e. The van der Waals surface area contributed by atoms with Crippen molar-refractivity contribution in [3.8, 4) is 11.1 Å². The summed E-state index contributed by atoms with van der Waals surface area (Å²) in [5.74, 6) is -1.28. The molecule has 1 saturated heterocycles. The van der Waals surface area contributed by atoms with Crippen molar-refractivity contribution in [3.05, 3.63) is 82.0 Å². The zero-order valence-electron chi connectivity index (χ0n) is 32.2. The highest BCUT2D eigenvalue weighted by Gasteiger charge is 2.31. The van der Waals surface area contributed by atoms with Crippen molar-refractivity contribution in [1.82, 2.24) is 36.2 Å². The standard InChI is InChI=1S/C41H50N8O7/c1-23-18-33(37(52)46-31-6-5-17-42-36(31)51)43-22-29(23)26-11-7-24(8-12-26)19-34(38(53)45-28-15-16-30-32(20-28)49-39(54)48-30)47-35(50)27-13-9-25(10-14-27)21-44-40(55)56-41(2,3)4/h7-8,11-12,15-16,18,20,22,25,27,31,34H,5-6,9-10,13-14,17,19,21H2,1-4H3,(H,42,51)(H,44,55)(H,45,53)(H,46,52)(H,47,50)(H2,48,49,54)/t25?,27?,31-,34+/m1/s1. The molecule has 7 N–H and O–H groups in total. The summed E-state index contributed by atoms with van der Waals surface area (Å²) in [6, 6.07) is 12.8. The van der Waals surface area contributed by atoms with Gasteiger partial charge in [0.25, 0.3) is 5.91 Å². The number of aromatic amines is 2. The summed E-state index contributed by atoms with van der Waals surface area (Å²) in [6.07, 6.45) is 5.50. The van der Waals surface area contributed by atoms with Gasteiger partial charge in [-0.1, -0.05) is 24.3 Å². The van der Waals surface area contributed by atoms with Crippen LogP contribution in [0.25, 0.3) is 22.2 Å². The zero-order chi connectivity index (χ0) is 40.0.